The van der Waals surface area contributed by atoms with E-state index in [0.717, 1.165) is 12.8 Å². The van der Waals surface area contributed by atoms with Crippen molar-refractivity contribution in [2.75, 3.05) is 4.90 Å². The smallest absolute Gasteiger partial charge is 0.0626 e. The van der Waals surface area contributed by atoms with E-state index in [1.807, 2.05) is 11.8 Å². The first-order chi connectivity index (χ1) is 25.1. The molecular weight excluding hydrogens is 635 g/mol. The molecule has 3 aliphatic carbocycles. The number of benzene rings is 5. The van der Waals surface area contributed by atoms with Gasteiger partial charge in [0.2, 0.25) is 0 Å². The number of fused-ring (bicyclic) bond motifs is 5. The summed E-state index contributed by atoms with van der Waals surface area (Å²) in [4.78, 5) is 3.94. The second-order valence-corrected chi connectivity index (χ2v) is 16.1. The summed E-state index contributed by atoms with van der Waals surface area (Å²) >= 11 is 1.99. The van der Waals surface area contributed by atoms with Gasteiger partial charge >= 0.3 is 0 Å². The Bertz CT molecular complexity index is 2430. The van der Waals surface area contributed by atoms with Crippen LogP contribution in [0.1, 0.15) is 36.8 Å². The summed E-state index contributed by atoms with van der Waals surface area (Å²) in [5, 5.41) is 2.56. The summed E-state index contributed by atoms with van der Waals surface area (Å²) in [6, 6.07) is 39.3. The van der Waals surface area contributed by atoms with Gasteiger partial charge in [-0.05, 0) is 111 Å². The zero-order valence-electron chi connectivity index (χ0n) is 28.7. The van der Waals surface area contributed by atoms with Crippen LogP contribution in [0.3, 0.4) is 0 Å². The first-order valence-corrected chi connectivity index (χ1v) is 19.1. The molecule has 0 spiro atoms. The van der Waals surface area contributed by atoms with E-state index in [2.05, 4.69) is 188 Å². The van der Waals surface area contributed by atoms with Gasteiger partial charge in [-0.15, -0.1) is 11.8 Å². The Morgan fingerprint density at radius 1 is 0.667 bits per heavy atom. The summed E-state index contributed by atoms with van der Waals surface area (Å²) in [5.41, 5.74) is 13.0. The van der Waals surface area contributed by atoms with E-state index in [-0.39, 0.29) is 4.75 Å². The van der Waals surface area contributed by atoms with Crippen molar-refractivity contribution in [1.82, 2.24) is 0 Å². The molecule has 0 N–H and O–H groups in total. The first-order valence-electron chi connectivity index (χ1n) is 18.3. The van der Waals surface area contributed by atoms with Crippen LogP contribution in [0.2, 0.25) is 0 Å². The lowest BCUT2D eigenvalue weighted by atomic mass is 9.88. The molecule has 5 aromatic rings. The highest BCUT2D eigenvalue weighted by Gasteiger charge is 2.39. The molecule has 2 heterocycles. The maximum Gasteiger partial charge on any atom is 0.0626 e. The molecule has 246 valence electrons. The SMILES string of the molecule is CC12C=CC=CC1C=C(c1cc(-c3ccc(-c4ccc5c(c4)C4C=CC=CC4N5C4=CC=CCC4)cc3)cc(-c3cccc4ccccc34)c1)S2. The second kappa shape index (κ2) is 12.2. The van der Waals surface area contributed by atoms with E-state index >= 15 is 0 Å². The Morgan fingerprint density at radius 3 is 2.29 bits per heavy atom. The molecule has 1 nitrogen and oxygen atoms in total. The fourth-order valence-electron chi connectivity index (χ4n) is 8.72. The molecule has 0 radical (unpaired) electrons. The fourth-order valence-corrected chi connectivity index (χ4v) is 10.1. The molecule has 10 rings (SSSR count). The molecule has 2 heteroatoms. The van der Waals surface area contributed by atoms with Crippen LogP contribution in [-0.4, -0.2) is 10.8 Å². The molecule has 0 fully saturated rings. The minimum atomic E-state index is 0.0579. The average Bonchev–Trinajstić information content (AvgIpc) is 3.72. The van der Waals surface area contributed by atoms with E-state index < -0.39 is 0 Å². The lowest BCUT2D eigenvalue weighted by molar-refractivity contribution is 0.671. The molecule has 4 atom stereocenters. The van der Waals surface area contributed by atoms with Crippen molar-refractivity contribution in [3.63, 3.8) is 0 Å². The predicted molar refractivity (Wildman–Crippen MR) is 220 cm³/mol. The Labute approximate surface area is 305 Å². The van der Waals surface area contributed by atoms with Gasteiger partial charge in [-0.1, -0.05) is 140 Å². The van der Waals surface area contributed by atoms with Gasteiger partial charge in [0.05, 0.1) is 6.04 Å². The number of allylic oxidation sites excluding steroid dienone is 10. The quantitative estimate of drug-likeness (QED) is 0.183. The molecule has 2 aliphatic heterocycles. The van der Waals surface area contributed by atoms with Crippen LogP contribution in [0.4, 0.5) is 5.69 Å². The Kier molecular flexibility index (Phi) is 7.29. The van der Waals surface area contributed by atoms with E-state index in [1.54, 1.807) is 0 Å². The molecular formula is C49H39NS. The molecule has 5 aliphatic rings. The summed E-state index contributed by atoms with van der Waals surface area (Å²) in [5.74, 6) is 0.767. The number of hydrogen-bond acceptors (Lipinski definition) is 2. The topological polar surface area (TPSA) is 3.24 Å². The number of nitrogens with zero attached hydrogens (tertiary/aromatic N) is 1. The molecule has 4 unspecified atom stereocenters. The summed E-state index contributed by atoms with van der Waals surface area (Å²) in [6.45, 7) is 2.36. The normalized spacial score (nSPS) is 24.0. The maximum atomic E-state index is 2.58. The molecule has 0 saturated carbocycles. The van der Waals surface area contributed by atoms with E-state index in [9.17, 15) is 0 Å². The minimum absolute atomic E-state index is 0.0579. The van der Waals surface area contributed by atoms with Gasteiger partial charge in [-0.3, -0.25) is 0 Å². The predicted octanol–water partition coefficient (Wildman–Crippen LogP) is 13.1. The van der Waals surface area contributed by atoms with Gasteiger partial charge in [0.15, 0.2) is 0 Å². The third-order valence-electron chi connectivity index (χ3n) is 11.4. The van der Waals surface area contributed by atoms with E-state index in [0.29, 0.717) is 17.9 Å². The standard InChI is InChI=1S/C49H39NS/c1-49-27-10-9-14-40(49)32-48(51-49)39-29-37(28-38(30-39)43-19-11-13-35-12-5-6-17-42(35)43)34-23-21-33(22-24-34)36-25-26-47-45(31-36)44-18-7-8-20-46(44)50(47)41-15-3-2-4-16-41/h2-3,5-15,17-32,40,44,46H,4,16H2,1H3. The van der Waals surface area contributed by atoms with Crippen molar-refractivity contribution in [2.24, 2.45) is 5.92 Å². The van der Waals surface area contributed by atoms with Crippen LogP contribution in [-0.2, 0) is 0 Å². The van der Waals surface area contributed by atoms with E-state index in [1.165, 1.54) is 71.6 Å². The highest BCUT2D eigenvalue weighted by Crippen LogP contribution is 2.53. The van der Waals surface area contributed by atoms with Crippen molar-refractivity contribution in [3.05, 3.63) is 193 Å². The van der Waals surface area contributed by atoms with Crippen LogP contribution in [0.25, 0.3) is 49.1 Å². The highest BCUT2D eigenvalue weighted by molar-refractivity contribution is 8.10. The third kappa shape index (κ3) is 5.24. The number of hydrogen-bond donors (Lipinski definition) is 0. The lowest BCUT2D eigenvalue weighted by Crippen LogP contribution is -2.32. The van der Waals surface area contributed by atoms with Crippen molar-refractivity contribution in [3.8, 4) is 33.4 Å². The average molecular weight is 674 g/mol. The van der Waals surface area contributed by atoms with Gasteiger partial charge < -0.3 is 4.90 Å². The van der Waals surface area contributed by atoms with Crippen molar-refractivity contribution in [1.29, 1.82) is 0 Å². The molecule has 0 bridgehead atoms. The number of thioether (sulfide) groups is 1. The summed E-state index contributed by atoms with van der Waals surface area (Å²) < 4.78 is 0.0579. The largest absolute Gasteiger partial charge is 0.337 e. The third-order valence-corrected chi connectivity index (χ3v) is 12.8. The fraction of sp³-hybridized carbons (Fsp3) is 0.143. The summed E-state index contributed by atoms with van der Waals surface area (Å²) in [6.07, 6.45) is 29.7. The van der Waals surface area contributed by atoms with Crippen molar-refractivity contribution < 1.29 is 0 Å². The molecule has 0 aromatic heterocycles. The van der Waals surface area contributed by atoms with Gasteiger partial charge in [0, 0.05) is 32.9 Å². The van der Waals surface area contributed by atoms with Gasteiger partial charge in [-0.2, -0.15) is 0 Å². The molecule has 5 aromatic carbocycles. The van der Waals surface area contributed by atoms with Crippen molar-refractivity contribution >= 4 is 33.1 Å². The Hall–Kier alpha value is -5.31. The van der Waals surface area contributed by atoms with Crippen LogP contribution < -0.4 is 4.90 Å². The lowest BCUT2D eigenvalue weighted by Gasteiger charge is -2.31. The van der Waals surface area contributed by atoms with Crippen LogP contribution in [0.15, 0.2) is 182 Å². The molecule has 0 amide bonds. The first kappa shape index (κ1) is 30.5. The maximum absolute atomic E-state index is 2.58. The second-order valence-electron chi connectivity index (χ2n) is 14.5. The molecule has 51 heavy (non-hydrogen) atoms. The zero-order valence-corrected chi connectivity index (χ0v) is 29.6. The molecule has 0 saturated heterocycles. The van der Waals surface area contributed by atoms with Crippen LogP contribution in [0.5, 0.6) is 0 Å². The number of anilines is 1. The van der Waals surface area contributed by atoms with Gasteiger partial charge in [0.1, 0.15) is 0 Å². The zero-order chi connectivity index (χ0) is 33.9. The van der Waals surface area contributed by atoms with Crippen LogP contribution >= 0.6 is 11.8 Å². The van der Waals surface area contributed by atoms with Gasteiger partial charge in [0.25, 0.3) is 0 Å². The number of rotatable bonds is 5. The van der Waals surface area contributed by atoms with E-state index in [4.69, 9.17) is 0 Å². The highest BCUT2D eigenvalue weighted by atomic mass is 32.2. The monoisotopic (exact) mass is 673 g/mol. The minimum Gasteiger partial charge on any atom is -0.337 e. The summed E-state index contributed by atoms with van der Waals surface area (Å²) in [7, 11) is 0. The van der Waals surface area contributed by atoms with Crippen LogP contribution in [0, 0.1) is 5.92 Å². The van der Waals surface area contributed by atoms with Crippen molar-refractivity contribution in [2.45, 2.75) is 36.5 Å². The Morgan fingerprint density at radius 2 is 1.43 bits per heavy atom. The van der Waals surface area contributed by atoms with Gasteiger partial charge in [-0.25, -0.2) is 0 Å². The Balaban J connectivity index is 1.03.